The average Bonchev–Trinajstić information content (AvgIpc) is 2.24. The smallest absolute Gasteiger partial charge is 0.255 e. The Morgan fingerprint density at radius 2 is 1.94 bits per heavy atom. The molecule has 1 aromatic heterocycles. The molecule has 1 saturated carbocycles. The van der Waals surface area contributed by atoms with Gasteiger partial charge in [-0.1, -0.05) is 0 Å². The molecule has 0 radical (unpaired) electrons. The molecule has 16 heavy (non-hydrogen) atoms. The number of nitrogens with one attached hydrogen (secondary N) is 1. The van der Waals surface area contributed by atoms with Crippen molar-refractivity contribution in [1.29, 1.82) is 0 Å². The molecule has 1 fully saturated rings. The van der Waals surface area contributed by atoms with E-state index < -0.39 is 5.54 Å². The number of aromatic nitrogens is 2. The van der Waals surface area contributed by atoms with Gasteiger partial charge in [-0.25, -0.2) is 9.97 Å². The van der Waals surface area contributed by atoms with Gasteiger partial charge in [0, 0.05) is 12.4 Å². The Morgan fingerprint density at radius 3 is 2.38 bits per heavy atom. The van der Waals surface area contributed by atoms with Gasteiger partial charge in [0.05, 0.1) is 11.1 Å². The van der Waals surface area contributed by atoms with Crippen LogP contribution in [0.5, 0.6) is 0 Å². The maximum Gasteiger partial charge on any atom is 0.255 e. The summed E-state index contributed by atoms with van der Waals surface area (Å²) in [5, 5.41) is 2.78. The van der Waals surface area contributed by atoms with Crippen LogP contribution in [0, 0.1) is 0 Å². The SMILES string of the molecule is CC(=O)C1(NC(=O)c2cncnc2)CCC1. The molecule has 5 nitrogen and oxygen atoms in total. The van der Waals surface area contributed by atoms with Crippen molar-refractivity contribution in [2.75, 3.05) is 0 Å². The topological polar surface area (TPSA) is 72.0 Å². The summed E-state index contributed by atoms with van der Waals surface area (Å²) in [6.07, 6.45) is 6.67. The number of hydrogen-bond donors (Lipinski definition) is 1. The first-order valence-corrected chi connectivity index (χ1v) is 5.23. The number of amides is 1. The Bertz CT molecular complexity index is 412. The first-order valence-electron chi connectivity index (χ1n) is 5.23. The molecule has 0 saturated heterocycles. The second-order valence-electron chi connectivity index (χ2n) is 4.07. The van der Waals surface area contributed by atoms with Crippen molar-refractivity contribution in [3.05, 3.63) is 24.3 Å². The van der Waals surface area contributed by atoms with Crippen molar-refractivity contribution in [1.82, 2.24) is 15.3 Å². The highest BCUT2D eigenvalue weighted by atomic mass is 16.2. The third-order valence-electron chi connectivity index (χ3n) is 3.06. The molecule has 1 aliphatic rings. The lowest BCUT2D eigenvalue weighted by atomic mass is 9.74. The predicted octanol–water partition coefficient (Wildman–Crippen LogP) is 0.718. The molecule has 1 aromatic rings. The summed E-state index contributed by atoms with van der Waals surface area (Å²) in [4.78, 5) is 30.8. The summed E-state index contributed by atoms with van der Waals surface area (Å²) < 4.78 is 0. The molecule has 0 bridgehead atoms. The summed E-state index contributed by atoms with van der Waals surface area (Å²) in [6.45, 7) is 1.51. The quantitative estimate of drug-likeness (QED) is 0.813. The van der Waals surface area contributed by atoms with E-state index in [1.807, 2.05) is 0 Å². The molecule has 0 spiro atoms. The third kappa shape index (κ3) is 1.80. The van der Waals surface area contributed by atoms with E-state index in [1.54, 1.807) is 0 Å². The highest BCUT2D eigenvalue weighted by molar-refractivity contribution is 5.99. The van der Waals surface area contributed by atoms with Crippen LogP contribution in [0.3, 0.4) is 0 Å². The van der Waals surface area contributed by atoms with E-state index in [-0.39, 0.29) is 11.7 Å². The highest BCUT2D eigenvalue weighted by Gasteiger charge is 2.42. The van der Waals surface area contributed by atoms with Crippen LogP contribution >= 0.6 is 0 Å². The molecule has 1 amide bonds. The summed E-state index contributed by atoms with van der Waals surface area (Å²) in [5.74, 6) is -0.264. The number of carbonyl (C=O) groups excluding carboxylic acids is 2. The van der Waals surface area contributed by atoms with Crippen LogP contribution in [-0.2, 0) is 4.79 Å². The van der Waals surface area contributed by atoms with E-state index in [9.17, 15) is 9.59 Å². The zero-order valence-electron chi connectivity index (χ0n) is 9.06. The molecule has 0 aliphatic heterocycles. The van der Waals surface area contributed by atoms with E-state index in [0.29, 0.717) is 5.56 Å². The molecule has 1 aliphatic carbocycles. The lowest BCUT2D eigenvalue weighted by Gasteiger charge is -2.40. The van der Waals surface area contributed by atoms with Crippen molar-refractivity contribution in [2.45, 2.75) is 31.7 Å². The van der Waals surface area contributed by atoms with E-state index in [1.165, 1.54) is 25.6 Å². The van der Waals surface area contributed by atoms with Gasteiger partial charge < -0.3 is 5.32 Å². The first-order chi connectivity index (χ1) is 7.64. The van der Waals surface area contributed by atoms with Crippen LogP contribution in [0.25, 0.3) is 0 Å². The molecule has 0 unspecified atom stereocenters. The van der Waals surface area contributed by atoms with Gasteiger partial charge in [-0.05, 0) is 26.2 Å². The maximum atomic E-state index is 11.8. The zero-order valence-corrected chi connectivity index (χ0v) is 9.06. The van der Waals surface area contributed by atoms with Gasteiger partial charge in [-0.2, -0.15) is 0 Å². The molecule has 84 valence electrons. The lowest BCUT2D eigenvalue weighted by Crippen LogP contribution is -2.58. The number of hydrogen-bond acceptors (Lipinski definition) is 4. The van der Waals surface area contributed by atoms with Crippen LogP contribution in [0.4, 0.5) is 0 Å². The van der Waals surface area contributed by atoms with Crippen molar-refractivity contribution < 1.29 is 9.59 Å². The minimum atomic E-state index is -0.646. The largest absolute Gasteiger partial charge is 0.339 e. The lowest BCUT2D eigenvalue weighted by molar-refractivity contribution is -0.126. The molecule has 0 atom stereocenters. The van der Waals surface area contributed by atoms with Crippen molar-refractivity contribution in [3.63, 3.8) is 0 Å². The molecular weight excluding hydrogens is 206 g/mol. The van der Waals surface area contributed by atoms with Gasteiger partial charge in [0.15, 0.2) is 5.78 Å². The minimum Gasteiger partial charge on any atom is -0.339 e. The number of rotatable bonds is 3. The molecule has 2 rings (SSSR count). The van der Waals surface area contributed by atoms with Crippen LogP contribution in [0.2, 0.25) is 0 Å². The van der Waals surface area contributed by atoms with E-state index in [4.69, 9.17) is 0 Å². The molecule has 1 heterocycles. The molecule has 0 aromatic carbocycles. The van der Waals surface area contributed by atoms with E-state index in [2.05, 4.69) is 15.3 Å². The third-order valence-corrected chi connectivity index (χ3v) is 3.06. The predicted molar refractivity (Wildman–Crippen MR) is 56.8 cm³/mol. The molecule has 1 N–H and O–H groups in total. The molecular formula is C11H13N3O2. The van der Waals surface area contributed by atoms with Crippen LogP contribution in [0.15, 0.2) is 18.7 Å². The van der Waals surface area contributed by atoms with Gasteiger partial charge in [0.2, 0.25) is 0 Å². The Hall–Kier alpha value is -1.78. The number of nitrogens with zero attached hydrogens (tertiary/aromatic N) is 2. The maximum absolute atomic E-state index is 11.8. The van der Waals surface area contributed by atoms with Crippen LogP contribution in [0.1, 0.15) is 36.5 Å². The monoisotopic (exact) mass is 219 g/mol. The van der Waals surface area contributed by atoms with Gasteiger partial charge in [-0.15, -0.1) is 0 Å². The zero-order chi connectivity index (χ0) is 11.6. The van der Waals surface area contributed by atoms with Crippen molar-refractivity contribution >= 4 is 11.7 Å². The summed E-state index contributed by atoms with van der Waals surface area (Å²) in [6, 6.07) is 0. The van der Waals surface area contributed by atoms with Gasteiger partial charge >= 0.3 is 0 Å². The normalized spacial score (nSPS) is 17.3. The van der Waals surface area contributed by atoms with E-state index in [0.717, 1.165) is 19.3 Å². The standard InChI is InChI=1S/C11H13N3O2/c1-8(15)11(3-2-4-11)14-10(16)9-5-12-7-13-6-9/h5-7H,2-4H2,1H3,(H,14,16). The Balaban J connectivity index is 2.10. The molecule has 5 heteroatoms. The Kier molecular flexibility index (Phi) is 2.68. The minimum absolute atomic E-state index is 0.0175. The Morgan fingerprint density at radius 1 is 1.31 bits per heavy atom. The van der Waals surface area contributed by atoms with Crippen molar-refractivity contribution in [2.24, 2.45) is 0 Å². The number of carbonyl (C=O) groups is 2. The fourth-order valence-electron chi connectivity index (χ4n) is 1.80. The Labute approximate surface area is 93.3 Å². The number of ketones is 1. The van der Waals surface area contributed by atoms with Gasteiger partial charge in [-0.3, -0.25) is 9.59 Å². The number of Topliss-reactive ketones (excluding diaryl/α,β-unsaturated/α-hetero) is 1. The second kappa shape index (κ2) is 4.00. The van der Waals surface area contributed by atoms with Crippen LogP contribution < -0.4 is 5.32 Å². The fraction of sp³-hybridized carbons (Fsp3) is 0.455. The summed E-state index contributed by atoms with van der Waals surface area (Å²) in [5.41, 5.74) is -0.262. The first kappa shape index (κ1) is 10.7. The van der Waals surface area contributed by atoms with Gasteiger partial charge in [0.25, 0.3) is 5.91 Å². The van der Waals surface area contributed by atoms with Crippen molar-refractivity contribution in [3.8, 4) is 0 Å². The highest BCUT2D eigenvalue weighted by Crippen LogP contribution is 2.32. The van der Waals surface area contributed by atoms with E-state index >= 15 is 0 Å². The average molecular weight is 219 g/mol. The van der Waals surface area contributed by atoms with Crippen LogP contribution in [-0.4, -0.2) is 27.2 Å². The summed E-state index contributed by atoms with van der Waals surface area (Å²) >= 11 is 0. The van der Waals surface area contributed by atoms with Gasteiger partial charge in [0.1, 0.15) is 6.33 Å². The second-order valence-corrected chi connectivity index (χ2v) is 4.07. The summed E-state index contributed by atoms with van der Waals surface area (Å²) in [7, 11) is 0. The fourth-order valence-corrected chi connectivity index (χ4v) is 1.80.